The highest BCUT2D eigenvalue weighted by Crippen LogP contribution is 2.28. The highest BCUT2D eigenvalue weighted by atomic mass is 16.2. The van der Waals surface area contributed by atoms with Gasteiger partial charge in [0.05, 0.1) is 0 Å². The minimum atomic E-state index is 0.222. The molecule has 132 valence electrons. The second kappa shape index (κ2) is 8.30. The van der Waals surface area contributed by atoms with Gasteiger partial charge in [-0.15, -0.1) is 0 Å². The van der Waals surface area contributed by atoms with E-state index in [9.17, 15) is 4.79 Å². The van der Waals surface area contributed by atoms with Gasteiger partial charge in [-0.2, -0.15) is 0 Å². The number of anilines is 1. The Kier molecular flexibility index (Phi) is 5.87. The summed E-state index contributed by atoms with van der Waals surface area (Å²) in [4.78, 5) is 17.2. The minimum absolute atomic E-state index is 0.222. The predicted octanol–water partition coefficient (Wildman–Crippen LogP) is 4.34. The molecule has 0 bridgehead atoms. The number of nitrogens with zero attached hydrogens (tertiary/aromatic N) is 2. The molecule has 0 N–H and O–H groups in total. The highest BCUT2D eigenvalue weighted by molar-refractivity contribution is 5.93. The molecule has 1 aliphatic rings. The van der Waals surface area contributed by atoms with Crippen molar-refractivity contribution in [3.05, 3.63) is 66.2 Å². The van der Waals surface area contributed by atoms with Gasteiger partial charge >= 0.3 is 0 Å². The fourth-order valence-electron chi connectivity index (χ4n) is 3.87. The van der Waals surface area contributed by atoms with Gasteiger partial charge in [0.25, 0.3) is 0 Å². The summed E-state index contributed by atoms with van der Waals surface area (Å²) in [7, 11) is 0. The number of amides is 1. The minimum Gasteiger partial charge on any atom is -0.309 e. The smallest absolute Gasteiger partial charge is 0.226 e. The maximum Gasteiger partial charge on any atom is 0.226 e. The fraction of sp³-hybridized carbons (Fsp3) is 0.409. The highest BCUT2D eigenvalue weighted by Gasteiger charge is 2.33. The van der Waals surface area contributed by atoms with E-state index in [-0.39, 0.29) is 11.9 Å². The van der Waals surface area contributed by atoms with Gasteiger partial charge in [-0.1, -0.05) is 62.4 Å². The molecule has 25 heavy (non-hydrogen) atoms. The molecule has 2 unspecified atom stereocenters. The SMILES string of the molecule is CCC(=O)N(c1ccccc1)C1CCN(Cc2ccccc2)CC1C. The second-order valence-corrected chi connectivity index (χ2v) is 7.01. The monoisotopic (exact) mass is 336 g/mol. The van der Waals surface area contributed by atoms with E-state index in [2.05, 4.69) is 54.3 Å². The van der Waals surface area contributed by atoms with Crippen LogP contribution < -0.4 is 4.90 Å². The zero-order valence-electron chi connectivity index (χ0n) is 15.3. The molecule has 1 saturated heterocycles. The summed E-state index contributed by atoms with van der Waals surface area (Å²) in [6.45, 7) is 7.28. The third kappa shape index (κ3) is 4.29. The Labute approximate surface area is 151 Å². The molecule has 2 aromatic carbocycles. The van der Waals surface area contributed by atoms with Crippen LogP contribution in [0.4, 0.5) is 5.69 Å². The number of piperidine rings is 1. The van der Waals surface area contributed by atoms with Gasteiger partial charge in [0.15, 0.2) is 0 Å². The average Bonchev–Trinajstić information content (AvgIpc) is 2.65. The van der Waals surface area contributed by atoms with Gasteiger partial charge < -0.3 is 4.90 Å². The molecule has 0 spiro atoms. The zero-order valence-corrected chi connectivity index (χ0v) is 15.3. The molecule has 0 saturated carbocycles. The molecule has 1 amide bonds. The second-order valence-electron chi connectivity index (χ2n) is 7.01. The van der Waals surface area contributed by atoms with Gasteiger partial charge in [0.1, 0.15) is 0 Å². The maximum atomic E-state index is 12.6. The van der Waals surface area contributed by atoms with Crippen molar-refractivity contribution in [2.24, 2.45) is 5.92 Å². The summed E-state index contributed by atoms with van der Waals surface area (Å²) in [6, 6.07) is 21.1. The van der Waals surface area contributed by atoms with Crippen LogP contribution in [0.25, 0.3) is 0 Å². The van der Waals surface area contributed by atoms with E-state index in [1.807, 2.05) is 30.0 Å². The maximum absolute atomic E-state index is 12.6. The number of benzene rings is 2. The first-order valence-electron chi connectivity index (χ1n) is 9.32. The molecule has 3 nitrogen and oxygen atoms in total. The van der Waals surface area contributed by atoms with Crippen molar-refractivity contribution in [2.45, 2.75) is 39.3 Å². The van der Waals surface area contributed by atoms with E-state index < -0.39 is 0 Å². The van der Waals surface area contributed by atoms with Crippen molar-refractivity contribution in [1.82, 2.24) is 4.90 Å². The van der Waals surface area contributed by atoms with E-state index in [0.717, 1.165) is 31.7 Å². The van der Waals surface area contributed by atoms with Crippen LogP contribution in [0.5, 0.6) is 0 Å². The van der Waals surface area contributed by atoms with Gasteiger partial charge in [-0.3, -0.25) is 9.69 Å². The number of hydrogen-bond acceptors (Lipinski definition) is 2. The van der Waals surface area contributed by atoms with Crippen LogP contribution in [0.1, 0.15) is 32.3 Å². The summed E-state index contributed by atoms with van der Waals surface area (Å²) in [5, 5.41) is 0. The summed E-state index contributed by atoms with van der Waals surface area (Å²) in [5.74, 6) is 0.674. The van der Waals surface area contributed by atoms with Gasteiger partial charge in [0.2, 0.25) is 5.91 Å². The van der Waals surface area contributed by atoms with E-state index in [1.54, 1.807) is 0 Å². The van der Waals surface area contributed by atoms with Crippen LogP contribution in [-0.4, -0.2) is 29.9 Å². The van der Waals surface area contributed by atoms with Crippen molar-refractivity contribution >= 4 is 11.6 Å². The Hall–Kier alpha value is -2.13. The zero-order chi connectivity index (χ0) is 17.6. The molecular formula is C22H28N2O. The number of likely N-dealkylation sites (tertiary alicyclic amines) is 1. The fourth-order valence-corrected chi connectivity index (χ4v) is 3.87. The number of carbonyl (C=O) groups excluding carboxylic acids is 1. The number of rotatable bonds is 5. The molecule has 3 rings (SSSR count). The summed E-state index contributed by atoms with van der Waals surface area (Å²) in [5.41, 5.74) is 2.39. The Morgan fingerprint density at radius 3 is 2.32 bits per heavy atom. The molecular weight excluding hydrogens is 308 g/mol. The normalized spacial score (nSPS) is 21.0. The van der Waals surface area contributed by atoms with E-state index >= 15 is 0 Å². The Morgan fingerprint density at radius 2 is 1.72 bits per heavy atom. The van der Waals surface area contributed by atoms with Gasteiger partial charge in [-0.05, 0) is 30.0 Å². The number of hydrogen-bond donors (Lipinski definition) is 0. The molecule has 2 aromatic rings. The molecule has 2 atom stereocenters. The number of carbonyl (C=O) groups is 1. The topological polar surface area (TPSA) is 23.6 Å². The molecule has 0 aromatic heterocycles. The molecule has 3 heteroatoms. The third-order valence-electron chi connectivity index (χ3n) is 5.13. The first-order chi connectivity index (χ1) is 12.2. The molecule has 1 aliphatic heterocycles. The van der Waals surface area contributed by atoms with Crippen molar-refractivity contribution in [3.63, 3.8) is 0 Å². The summed E-state index contributed by atoms with van der Waals surface area (Å²) in [6.07, 6.45) is 1.57. The van der Waals surface area contributed by atoms with Crippen LogP contribution in [0.2, 0.25) is 0 Å². The van der Waals surface area contributed by atoms with Crippen LogP contribution >= 0.6 is 0 Å². The molecule has 1 heterocycles. The first kappa shape index (κ1) is 17.7. The van der Waals surface area contributed by atoms with Crippen molar-refractivity contribution in [2.75, 3.05) is 18.0 Å². The molecule has 1 fully saturated rings. The lowest BCUT2D eigenvalue weighted by Crippen LogP contribution is -2.52. The summed E-state index contributed by atoms with van der Waals surface area (Å²) >= 11 is 0. The van der Waals surface area contributed by atoms with E-state index in [4.69, 9.17) is 0 Å². The molecule has 0 radical (unpaired) electrons. The lowest BCUT2D eigenvalue weighted by atomic mass is 9.91. The van der Waals surface area contributed by atoms with Crippen molar-refractivity contribution in [1.29, 1.82) is 0 Å². The van der Waals surface area contributed by atoms with Crippen LogP contribution in [0.3, 0.4) is 0 Å². The van der Waals surface area contributed by atoms with Crippen molar-refractivity contribution < 1.29 is 4.79 Å². The first-order valence-corrected chi connectivity index (χ1v) is 9.32. The Morgan fingerprint density at radius 1 is 1.08 bits per heavy atom. The van der Waals surface area contributed by atoms with Crippen LogP contribution in [0.15, 0.2) is 60.7 Å². The van der Waals surface area contributed by atoms with Crippen molar-refractivity contribution in [3.8, 4) is 0 Å². The quantitative estimate of drug-likeness (QED) is 0.811. The largest absolute Gasteiger partial charge is 0.309 e. The lowest BCUT2D eigenvalue weighted by molar-refractivity contribution is -0.119. The predicted molar refractivity (Wildman–Crippen MR) is 104 cm³/mol. The Balaban J connectivity index is 1.71. The van der Waals surface area contributed by atoms with Gasteiger partial charge in [0, 0.05) is 37.8 Å². The van der Waals surface area contributed by atoms with E-state index in [0.29, 0.717) is 12.3 Å². The average molecular weight is 336 g/mol. The van der Waals surface area contributed by atoms with E-state index in [1.165, 1.54) is 5.56 Å². The molecule has 0 aliphatic carbocycles. The van der Waals surface area contributed by atoms with Crippen LogP contribution in [0, 0.1) is 5.92 Å². The van der Waals surface area contributed by atoms with Gasteiger partial charge in [-0.25, -0.2) is 0 Å². The van der Waals surface area contributed by atoms with Crippen LogP contribution in [-0.2, 0) is 11.3 Å². The summed E-state index contributed by atoms with van der Waals surface area (Å²) < 4.78 is 0. The standard InChI is InChI=1S/C22H28N2O/c1-3-22(25)24(20-12-8-5-9-13-20)21-14-15-23(16-18(21)2)17-19-10-6-4-7-11-19/h4-13,18,21H,3,14-17H2,1-2H3. The lowest BCUT2D eigenvalue weighted by Gasteiger charge is -2.42. The third-order valence-corrected chi connectivity index (χ3v) is 5.13. The Bertz CT molecular complexity index is 671. The number of para-hydroxylation sites is 1.